The van der Waals surface area contributed by atoms with Crippen LogP contribution in [0.15, 0.2) is 12.4 Å². The largest absolute Gasteiger partial charge is 0.375 e. The number of aryl methyl sites for hydroxylation is 1. The fourth-order valence-electron chi connectivity index (χ4n) is 3.41. The minimum Gasteiger partial charge on any atom is -0.375 e. The van der Waals surface area contributed by atoms with Crippen LogP contribution in [0.25, 0.3) is 0 Å². The molecule has 1 aromatic rings. The summed E-state index contributed by atoms with van der Waals surface area (Å²) in [6.45, 7) is 8.59. The number of likely N-dealkylation sites (tertiary alicyclic amines) is 1. The summed E-state index contributed by atoms with van der Waals surface area (Å²) in [4.78, 5) is 16.8. The Labute approximate surface area is 132 Å². The average molecular weight is 306 g/mol. The second-order valence-electron chi connectivity index (χ2n) is 6.53. The number of rotatable bonds is 4. The summed E-state index contributed by atoms with van der Waals surface area (Å²) in [6.07, 6.45) is 6.42. The molecular formula is C16H26N4O2. The molecule has 1 amide bonds. The predicted molar refractivity (Wildman–Crippen MR) is 83.6 cm³/mol. The highest BCUT2D eigenvalue weighted by Crippen LogP contribution is 2.19. The van der Waals surface area contributed by atoms with Gasteiger partial charge in [0.25, 0.3) is 0 Å². The number of hydrogen-bond acceptors (Lipinski definition) is 4. The van der Waals surface area contributed by atoms with Crippen LogP contribution in [0.2, 0.25) is 0 Å². The lowest BCUT2D eigenvalue weighted by Crippen LogP contribution is -2.49. The number of morpholine rings is 1. The Kier molecular flexibility index (Phi) is 4.78. The zero-order valence-electron chi connectivity index (χ0n) is 13.6. The molecule has 2 atom stereocenters. The van der Waals surface area contributed by atoms with Gasteiger partial charge in [-0.25, -0.2) is 0 Å². The van der Waals surface area contributed by atoms with Gasteiger partial charge in [-0.3, -0.25) is 14.4 Å². The lowest BCUT2D eigenvalue weighted by Gasteiger charge is -2.33. The molecule has 0 bridgehead atoms. The number of aromatic nitrogens is 2. The zero-order valence-corrected chi connectivity index (χ0v) is 13.6. The third kappa shape index (κ3) is 3.67. The van der Waals surface area contributed by atoms with Crippen LogP contribution in [-0.4, -0.2) is 70.4 Å². The van der Waals surface area contributed by atoms with Crippen LogP contribution in [-0.2, 0) is 16.1 Å². The van der Waals surface area contributed by atoms with Crippen LogP contribution in [0.4, 0.5) is 0 Å². The van der Waals surface area contributed by atoms with Gasteiger partial charge in [0.05, 0.1) is 32.0 Å². The van der Waals surface area contributed by atoms with E-state index in [2.05, 4.69) is 23.1 Å². The van der Waals surface area contributed by atoms with Gasteiger partial charge in [-0.05, 0) is 38.8 Å². The molecular weight excluding hydrogens is 280 g/mol. The van der Waals surface area contributed by atoms with Crippen molar-refractivity contribution < 1.29 is 9.53 Å². The summed E-state index contributed by atoms with van der Waals surface area (Å²) in [5.41, 5.74) is 1.18. The van der Waals surface area contributed by atoms with E-state index < -0.39 is 0 Å². The standard InChI is InChI=1S/C16H26N4O2/c1-13-8-17-20(9-13)11-15-4-3-5-18(15)12-16(21)19-6-7-22-14(2)10-19/h8-9,14-15H,3-7,10-12H2,1-2H3. The normalized spacial score (nSPS) is 26.5. The number of carbonyl (C=O) groups excluding carboxylic acids is 1. The van der Waals surface area contributed by atoms with E-state index in [-0.39, 0.29) is 12.0 Å². The van der Waals surface area contributed by atoms with Gasteiger partial charge in [-0.15, -0.1) is 0 Å². The van der Waals surface area contributed by atoms with Crippen LogP contribution in [0.5, 0.6) is 0 Å². The Morgan fingerprint density at radius 2 is 2.32 bits per heavy atom. The van der Waals surface area contributed by atoms with Crippen molar-refractivity contribution in [3.05, 3.63) is 18.0 Å². The summed E-state index contributed by atoms with van der Waals surface area (Å²) in [6, 6.07) is 0.418. The van der Waals surface area contributed by atoms with E-state index in [0.717, 1.165) is 39.0 Å². The number of amides is 1. The van der Waals surface area contributed by atoms with Crippen LogP contribution < -0.4 is 0 Å². The highest BCUT2D eigenvalue weighted by Gasteiger charge is 2.29. The monoisotopic (exact) mass is 306 g/mol. The van der Waals surface area contributed by atoms with Gasteiger partial charge in [0.2, 0.25) is 5.91 Å². The molecule has 2 aliphatic heterocycles. The first-order valence-electron chi connectivity index (χ1n) is 8.24. The third-order valence-corrected chi connectivity index (χ3v) is 4.59. The van der Waals surface area contributed by atoms with Crippen LogP contribution in [0, 0.1) is 6.92 Å². The molecule has 2 aliphatic rings. The molecule has 3 heterocycles. The molecule has 0 aliphatic carbocycles. The Balaban J connectivity index is 1.55. The second kappa shape index (κ2) is 6.79. The van der Waals surface area contributed by atoms with E-state index in [1.807, 2.05) is 22.7 Å². The molecule has 0 saturated carbocycles. The topological polar surface area (TPSA) is 50.6 Å². The number of ether oxygens (including phenoxy) is 1. The molecule has 122 valence electrons. The summed E-state index contributed by atoms with van der Waals surface area (Å²) >= 11 is 0. The highest BCUT2D eigenvalue weighted by molar-refractivity contribution is 5.78. The Hall–Kier alpha value is -1.40. The quantitative estimate of drug-likeness (QED) is 0.829. The van der Waals surface area contributed by atoms with Crippen molar-refractivity contribution in [3.63, 3.8) is 0 Å². The first-order chi connectivity index (χ1) is 10.6. The maximum absolute atomic E-state index is 12.5. The molecule has 22 heavy (non-hydrogen) atoms. The summed E-state index contributed by atoms with van der Waals surface area (Å²) in [5.74, 6) is 0.235. The van der Waals surface area contributed by atoms with E-state index in [0.29, 0.717) is 19.2 Å². The van der Waals surface area contributed by atoms with Crippen LogP contribution >= 0.6 is 0 Å². The minimum atomic E-state index is 0.152. The first-order valence-corrected chi connectivity index (χ1v) is 8.24. The van der Waals surface area contributed by atoms with Crippen molar-refractivity contribution in [2.75, 3.05) is 32.8 Å². The van der Waals surface area contributed by atoms with Gasteiger partial charge < -0.3 is 9.64 Å². The van der Waals surface area contributed by atoms with E-state index in [1.165, 1.54) is 5.56 Å². The van der Waals surface area contributed by atoms with Gasteiger partial charge >= 0.3 is 0 Å². The molecule has 1 aromatic heterocycles. The fraction of sp³-hybridized carbons (Fsp3) is 0.750. The predicted octanol–water partition coefficient (Wildman–Crippen LogP) is 0.903. The molecule has 0 N–H and O–H groups in total. The molecule has 3 rings (SSSR count). The van der Waals surface area contributed by atoms with Crippen molar-refractivity contribution in [1.29, 1.82) is 0 Å². The maximum atomic E-state index is 12.5. The second-order valence-corrected chi connectivity index (χ2v) is 6.53. The van der Waals surface area contributed by atoms with E-state index in [1.54, 1.807) is 0 Å². The average Bonchev–Trinajstić information content (AvgIpc) is 3.09. The lowest BCUT2D eigenvalue weighted by atomic mass is 10.2. The molecule has 2 saturated heterocycles. The third-order valence-electron chi connectivity index (χ3n) is 4.59. The number of carbonyl (C=O) groups is 1. The summed E-state index contributed by atoms with van der Waals surface area (Å²) in [5, 5.41) is 4.37. The first kappa shape index (κ1) is 15.5. The lowest BCUT2D eigenvalue weighted by molar-refractivity contribution is -0.139. The SMILES string of the molecule is Cc1cnn(CC2CCCN2CC(=O)N2CCOC(C)C2)c1. The molecule has 2 unspecified atom stereocenters. The maximum Gasteiger partial charge on any atom is 0.236 e. The highest BCUT2D eigenvalue weighted by atomic mass is 16.5. The van der Waals surface area contributed by atoms with Crippen molar-refractivity contribution in [3.8, 4) is 0 Å². The molecule has 0 radical (unpaired) electrons. The molecule has 6 nitrogen and oxygen atoms in total. The molecule has 2 fully saturated rings. The zero-order chi connectivity index (χ0) is 15.5. The van der Waals surface area contributed by atoms with Crippen molar-refractivity contribution in [2.45, 2.75) is 45.4 Å². The van der Waals surface area contributed by atoms with Crippen LogP contribution in [0.3, 0.4) is 0 Å². The van der Waals surface area contributed by atoms with E-state index in [9.17, 15) is 4.79 Å². The summed E-state index contributed by atoms with van der Waals surface area (Å²) in [7, 11) is 0. The minimum absolute atomic E-state index is 0.152. The summed E-state index contributed by atoms with van der Waals surface area (Å²) < 4.78 is 7.51. The van der Waals surface area contributed by atoms with Crippen LogP contribution in [0.1, 0.15) is 25.3 Å². The smallest absolute Gasteiger partial charge is 0.236 e. The van der Waals surface area contributed by atoms with E-state index >= 15 is 0 Å². The Bertz CT molecular complexity index is 516. The Morgan fingerprint density at radius 1 is 1.45 bits per heavy atom. The molecule has 0 spiro atoms. The van der Waals surface area contributed by atoms with E-state index in [4.69, 9.17) is 4.74 Å². The van der Waals surface area contributed by atoms with Crippen molar-refractivity contribution >= 4 is 5.91 Å². The van der Waals surface area contributed by atoms with Gasteiger partial charge in [0.15, 0.2) is 0 Å². The van der Waals surface area contributed by atoms with Gasteiger partial charge in [-0.2, -0.15) is 5.10 Å². The fourth-order valence-corrected chi connectivity index (χ4v) is 3.41. The van der Waals surface area contributed by atoms with Gasteiger partial charge in [-0.1, -0.05) is 0 Å². The van der Waals surface area contributed by atoms with Crippen molar-refractivity contribution in [2.24, 2.45) is 0 Å². The molecule has 0 aromatic carbocycles. The number of hydrogen-bond donors (Lipinski definition) is 0. The number of nitrogens with zero attached hydrogens (tertiary/aromatic N) is 4. The van der Waals surface area contributed by atoms with Gasteiger partial charge in [0.1, 0.15) is 0 Å². The van der Waals surface area contributed by atoms with Gasteiger partial charge in [0, 0.05) is 25.3 Å². The van der Waals surface area contributed by atoms with Crippen molar-refractivity contribution in [1.82, 2.24) is 19.6 Å². The molecule has 6 heteroatoms. The Morgan fingerprint density at radius 3 is 3.05 bits per heavy atom.